The molecule has 3 N–H and O–H groups in total. The number of hydrogen-bond acceptors (Lipinski definition) is 4. The van der Waals surface area contributed by atoms with Gasteiger partial charge in [-0.1, -0.05) is 12.1 Å². The van der Waals surface area contributed by atoms with Crippen LogP contribution < -0.4 is 15.8 Å². The number of nitrogens with one attached hydrogen (secondary N) is 1. The quantitative estimate of drug-likeness (QED) is 0.824. The summed E-state index contributed by atoms with van der Waals surface area (Å²) in [5.41, 5.74) is 6.59. The molecule has 1 saturated heterocycles. The number of amides is 1. The van der Waals surface area contributed by atoms with Gasteiger partial charge in [0.15, 0.2) is 6.61 Å². The number of likely N-dealkylation sites (tertiary alicyclic amines) is 1. The minimum Gasteiger partial charge on any atom is -0.484 e. The molecular weight excluding hydrogens is 266 g/mol. The van der Waals surface area contributed by atoms with Crippen molar-refractivity contribution in [2.75, 3.05) is 26.7 Å². The minimum absolute atomic E-state index is 0.0753. The summed E-state index contributed by atoms with van der Waals surface area (Å²) in [6, 6.07) is 7.87. The Bertz CT molecular complexity index is 465. The van der Waals surface area contributed by atoms with Crippen LogP contribution in [0.25, 0.3) is 0 Å². The van der Waals surface area contributed by atoms with E-state index in [2.05, 4.69) is 17.1 Å². The van der Waals surface area contributed by atoms with Crippen LogP contribution in [-0.2, 0) is 11.3 Å². The van der Waals surface area contributed by atoms with Gasteiger partial charge in [-0.05, 0) is 44.5 Å². The average molecular weight is 291 g/mol. The summed E-state index contributed by atoms with van der Waals surface area (Å²) in [5, 5.41) is 3.41. The Morgan fingerprint density at radius 2 is 1.95 bits per heavy atom. The SMILES string of the molecule is CNC1(C)CCN(Cc2ccc(OCC(N)=O)cc2)CC1. The second-order valence-corrected chi connectivity index (χ2v) is 5.99. The number of primary amides is 1. The highest BCUT2D eigenvalue weighted by molar-refractivity contribution is 5.75. The zero-order valence-corrected chi connectivity index (χ0v) is 12.9. The molecule has 5 heteroatoms. The second-order valence-electron chi connectivity index (χ2n) is 5.99. The highest BCUT2D eigenvalue weighted by Gasteiger charge is 2.27. The fourth-order valence-electron chi connectivity index (χ4n) is 2.56. The summed E-state index contributed by atoms with van der Waals surface area (Å²) in [7, 11) is 2.04. The average Bonchev–Trinajstić information content (AvgIpc) is 2.49. The lowest BCUT2D eigenvalue weighted by atomic mass is 9.90. The van der Waals surface area contributed by atoms with Crippen LogP contribution in [0.1, 0.15) is 25.3 Å². The van der Waals surface area contributed by atoms with Gasteiger partial charge < -0.3 is 15.8 Å². The largest absolute Gasteiger partial charge is 0.484 e. The molecule has 1 heterocycles. The Hall–Kier alpha value is -1.59. The first-order chi connectivity index (χ1) is 10.0. The number of benzene rings is 1. The predicted molar refractivity (Wildman–Crippen MR) is 83.1 cm³/mol. The first kappa shape index (κ1) is 15.8. The standard InChI is InChI=1S/C16H25N3O2/c1-16(18-2)7-9-19(10-8-16)11-13-3-5-14(6-4-13)21-12-15(17)20/h3-6,18H,7-12H2,1-2H3,(H2,17,20). The molecule has 2 rings (SSSR count). The fraction of sp³-hybridized carbons (Fsp3) is 0.562. The molecule has 1 aliphatic heterocycles. The van der Waals surface area contributed by atoms with Crippen LogP contribution in [0.4, 0.5) is 0 Å². The Morgan fingerprint density at radius 1 is 1.33 bits per heavy atom. The van der Waals surface area contributed by atoms with Crippen LogP contribution in [0.5, 0.6) is 5.75 Å². The van der Waals surface area contributed by atoms with Gasteiger partial charge in [0, 0.05) is 25.2 Å². The zero-order chi connectivity index (χ0) is 15.3. The van der Waals surface area contributed by atoms with Gasteiger partial charge in [0.25, 0.3) is 5.91 Å². The predicted octanol–water partition coefficient (Wildman–Crippen LogP) is 1.12. The summed E-state index contributed by atoms with van der Waals surface area (Å²) in [4.78, 5) is 13.1. The number of ether oxygens (including phenoxy) is 1. The molecule has 1 aliphatic rings. The van der Waals surface area contributed by atoms with E-state index in [0.29, 0.717) is 5.75 Å². The molecule has 5 nitrogen and oxygen atoms in total. The molecule has 1 fully saturated rings. The van der Waals surface area contributed by atoms with E-state index in [0.717, 1.165) is 19.6 Å². The van der Waals surface area contributed by atoms with Crippen molar-refractivity contribution in [2.24, 2.45) is 5.73 Å². The molecule has 21 heavy (non-hydrogen) atoms. The Morgan fingerprint density at radius 3 is 2.48 bits per heavy atom. The van der Waals surface area contributed by atoms with Gasteiger partial charge in [-0.2, -0.15) is 0 Å². The molecule has 1 amide bonds. The molecular formula is C16H25N3O2. The lowest BCUT2D eigenvalue weighted by Gasteiger charge is -2.39. The van der Waals surface area contributed by atoms with E-state index in [-0.39, 0.29) is 12.1 Å². The van der Waals surface area contributed by atoms with E-state index in [1.807, 2.05) is 31.3 Å². The number of rotatable bonds is 6. The molecule has 0 saturated carbocycles. The van der Waals surface area contributed by atoms with Crippen molar-refractivity contribution < 1.29 is 9.53 Å². The molecule has 0 unspecified atom stereocenters. The van der Waals surface area contributed by atoms with Crippen LogP contribution in [0.3, 0.4) is 0 Å². The highest BCUT2D eigenvalue weighted by atomic mass is 16.5. The molecule has 1 aromatic carbocycles. The van der Waals surface area contributed by atoms with E-state index < -0.39 is 5.91 Å². The summed E-state index contributed by atoms with van der Waals surface area (Å²) < 4.78 is 5.26. The van der Waals surface area contributed by atoms with Crippen molar-refractivity contribution in [3.8, 4) is 5.75 Å². The van der Waals surface area contributed by atoms with Crippen LogP contribution in [0.2, 0.25) is 0 Å². The third kappa shape index (κ3) is 4.72. The Kier molecular flexibility index (Phi) is 5.20. The van der Waals surface area contributed by atoms with Crippen LogP contribution in [-0.4, -0.2) is 43.1 Å². The van der Waals surface area contributed by atoms with E-state index in [1.165, 1.54) is 18.4 Å². The highest BCUT2D eigenvalue weighted by Crippen LogP contribution is 2.22. The molecule has 0 radical (unpaired) electrons. The number of carbonyl (C=O) groups is 1. The van der Waals surface area contributed by atoms with Gasteiger partial charge in [0.1, 0.15) is 5.75 Å². The summed E-state index contributed by atoms with van der Waals surface area (Å²) >= 11 is 0. The van der Waals surface area contributed by atoms with Crippen molar-refractivity contribution in [3.63, 3.8) is 0 Å². The van der Waals surface area contributed by atoms with E-state index in [9.17, 15) is 4.79 Å². The van der Waals surface area contributed by atoms with Crippen molar-refractivity contribution in [3.05, 3.63) is 29.8 Å². The number of carbonyl (C=O) groups excluding carboxylic acids is 1. The fourth-order valence-corrected chi connectivity index (χ4v) is 2.56. The smallest absolute Gasteiger partial charge is 0.255 e. The number of nitrogens with two attached hydrogens (primary N) is 1. The first-order valence-corrected chi connectivity index (χ1v) is 7.42. The van der Waals surface area contributed by atoms with Crippen LogP contribution in [0.15, 0.2) is 24.3 Å². The molecule has 116 valence electrons. The third-order valence-electron chi connectivity index (χ3n) is 4.27. The number of hydrogen-bond donors (Lipinski definition) is 2. The first-order valence-electron chi connectivity index (χ1n) is 7.42. The maximum Gasteiger partial charge on any atom is 0.255 e. The maximum absolute atomic E-state index is 10.7. The Balaban J connectivity index is 1.82. The maximum atomic E-state index is 10.7. The van der Waals surface area contributed by atoms with Gasteiger partial charge in [0.2, 0.25) is 0 Å². The summed E-state index contributed by atoms with van der Waals surface area (Å²) in [6.07, 6.45) is 2.34. The minimum atomic E-state index is -0.458. The van der Waals surface area contributed by atoms with Crippen molar-refractivity contribution in [1.82, 2.24) is 10.2 Å². The third-order valence-corrected chi connectivity index (χ3v) is 4.27. The van der Waals surface area contributed by atoms with Gasteiger partial charge in [-0.15, -0.1) is 0 Å². The van der Waals surface area contributed by atoms with Crippen molar-refractivity contribution >= 4 is 5.91 Å². The molecule has 0 aliphatic carbocycles. The van der Waals surface area contributed by atoms with Crippen molar-refractivity contribution in [2.45, 2.75) is 31.8 Å². The van der Waals surface area contributed by atoms with Gasteiger partial charge in [-0.25, -0.2) is 0 Å². The van der Waals surface area contributed by atoms with Gasteiger partial charge >= 0.3 is 0 Å². The number of nitrogens with zero attached hydrogens (tertiary/aromatic N) is 1. The topological polar surface area (TPSA) is 67.6 Å². The second kappa shape index (κ2) is 6.91. The lowest BCUT2D eigenvalue weighted by molar-refractivity contribution is -0.119. The van der Waals surface area contributed by atoms with E-state index in [1.54, 1.807) is 0 Å². The molecule has 0 bridgehead atoms. The Labute approximate surface area is 126 Å². The lowest BCUT2D eigenvalue weighted by Crippen LogP contribution is -2.49. The normalized spacial score (nSPS) is 18.4. The molecule has 0 atom stereocenters. The molecule has 1 aromatic rings. The summed E-state index contributed by atoms with van der Waals surface area (Å²) in [5.74, 6) is 0.221. The van der Waals surface area contributed by atoms with E-state index in [4.69, 9.17) is 10.5 Å². The molecule has 0 aromatic heterocycles. The van der Waals surface area contributed by atoms with Crippen LogP contribution in [0, 0.1) is 0 Å². The van der Waals surface area contributed by atoms with Gasteiger partial charge in [-0.3, -0.25) is 9.69 Å². The number of piperidine rings is 1. The van der Waals surface area contributed by atoms with Crippen molar-refractivity contribution in [1.29, 1.82) is 0 Å². The monoisotopic (exact) mass is 291 g/mol. The van der Waals surface area contributed by atoms with Crippen LogP contribution >= 0.6 is 0 Å². The zero-order valence-electron chi connectivity index (χ0n) is 12.9. The van der Waals surface area contributed by atoms with E-state index >= 15 is 0 Å². The summed E-state index contributed by atoms with van der Waals surface area (Å²) in [6.45, 7) is 5.38. The van der Waals surface area contributed by atoms with Gasteiger partial charge in [0.05, 0.1) is 0 Å². The molecule has 0 spiro atoms.